The second-order valence-electron chi connectivity index (χ2n) is 4.90. The second-order valence-corrected chi connectivity index (χ2v) is 4.90. The van der Waals surface area contributed by atoms with Gasteiger partial charge in [0, 0.05) is 26.1 Å². The lowest BCUT2D eigenvalue weighted by molar-refractivity contribution is -0.119. The Labute approximate surface area is 116 Å². The van der Waals surface area contributed by atoms with Crippen LogP contribution in [0.25, 0.3) is 0 Å². The first-order chi connectivity index (χ1) is 9.49. The topological polar surface area (TPSA) is 69.6 Å². The molecule has 1 amide bonds. The summed E-state index contributed by atoms with van der Waals surface area (Å²) in [5, 5.41) is 12.0. The summed E-state index contributed by atoms with van der Waals surface area (Å²) in [5.74, 6) is -2.05. The molecule has 1 aliphatic rings. The standard InChI is InChI=1S/C14H17FN2O3/c1-9(18)16-10-5-7-17(8-6-10)12-4-2-3-11(15)13(12)14(19)20/h2-4,10H,5-8H2,1H3,(H,16,18)(H,19,20). The van der Waals surface area contributed by atoms with E-state index in [4.69, 9.17) is 5.11 Å². The average molecular weight is 280 g/mol. The third kappa shape index (κ3) is 3.07. The molecule has 1 aliphatic heterocycles. The molecule has 1 aromatic rings. The number of rotatable bonds is 3. The van der Waals surface area contributed by atoms with Gasteiger partial charge in [-0.05, 0) is 25.0 Å². The Bertz CT molecular complexity index is 525. The van der Waals surface area contributed by atoms with Crippen LogP contribution in [0.2, 0.25) is 0 Å². The van der Waals surface area contributed by atoms with Crippen LogP contribution in [0.3, 0.4) is 0 Å². The third-order valence-electron chi connectivity index (χ3n) is 3.45. The molecule has 5 nitrogen and oxygen atoms in total. The largest absolute Gasteiger partial charge is 0.478 e. The van der Waals surface area contributed by atoms with Gasteiger partial charge in [-0.25, -0.2) is 9.18 Å². The van der Waals surface area contributed by atoms with Crippen LogP contribution in [-0.2, 0) is 4.79 Å². The Morgan fingerprint density at radius 3 is 2.55 bits per heavy atom. The summed E-state index contributed by atoms with van der Waals surface area (Å²) in [5.41, 5.74) is 0.115. The van der Waals surface area contributed by atoms with Crippen molar-refractivity contribution in [3.8, 4) is 0 Å². The Balaban J connectivity index is 2.13. The molecule has 20 heavy (non-hydrogen) atoms. The minimum absolute atomic E-state index is 0.0690. The van der Waals surface area contributed by atoms with Gasteiger partial charge in [0.05, 0.1) is 5.69 Å². The van der Waals surface area contributed by atoms with Crippen molar-refractivity contribution in [3.05, 3.63) is 29.6 Å². The summed E-state index contributed by atoms with van der Waals surface area (Å²) < 4.78 is 13.6. The van der Waals surface area contributed by atoms with Crippen LogP contribution in [0.5, 0.6) is 0 Å². The number of carboxylic acid groups (broad SMARTS) is 1. The SMILES string of the molecule is CC(=O)NC1CCN(c2cccc(F)c2C(=O)O)CC1. The Morgan fingerprint density at radius 1 is 1.35 bits per heavy atom. The van der Waals surface area contributed by atoms with Gasteiger partial charge in [0.1, 0.15) is 11.4 Å². The highest BCUT2D eigenvalue weighted by Crippen LogP contribution is 2.26. The van der Waals surface area contributed by atoms with Crippen LogP contribution in [0.15, 0.2) is 18.2 Å². The van der Waals surface area contributed by atoms with Crippen molar-refractivity contribution in [1.29, 1.82) is 0 Å². The summed E-state index contributed by atoms with van der Waals surface area (Å²) in [4.78, 5) is 24.0. The molecular formula is C14H17FN2O3. The highest BCUT2D eigenvalue weighted by atomic mass is 19.1. The maximum Gasteiger partial charge on any atom is 0.340 e. The molecule has 0 aromatic heterocycles. The average Bonchev–Trinajstić information content (AvgIpc) is 2.38. The molecule has 0 unspecified atom stereocenters. The zero-order valence-electron chi connectivity index (χ0n) is 11.2. The van der Waals surface area contributed by atoms with Gasteiger partial charge in [-0.15, -0.1) is 0 Å². The molecule has 1 heterocycles. The van der Waals surface area contributed by atoms with E-state index < -0.39 is 11.8 Å². The molecule has 1 fully saturated rings. The molecule has 0 bridgehead atoms. The molecule has 0 spiro atoms. The number of piperidine rings is 1. The van der Waals surface area contributed by atoms with Gasteiger partial charge in [0.25, 0.3) is 0 Å². The summed E-state index contributed by atoms with van der Waals surface area (Å²) >= 11 is 0. The van der Waals surface area contributed by atoms with E-state index in [2.05, 4.69) is 5.32 Å². The predicted octanol–water partition coefficient (Wildman–Crippen LogP) is 1.63. The van der Waals surface area contributed by atoms with E-state index in [1.54, 1.807) is 6.07 Å². The third-order valence-corrected chi connectivity index (χ3v) is 3.45. The molecule has 0 radical (unpaired) electrons. The lowest BCUT2D eigenvalue weighted by atomic mass is 10.0. The molecule has 0 saturated carbocycles. The van der Waals surface area contributed by atoms with E-state index in [0.29, 0.717) is 18.8 Å². The van der Waals surface area contributed by atoms with Crippen LogP contribution in [-0.4, -0.2) is 36.1 Å². The maximum atomic E-state index is 13.6. The number of anilines is 1. The van der Waals surface area contributed by atoms with Crippen molar-refractivity contribution in [2.75, 3.05) is 18.0 Å². The fourth-order valence-electron chi connectivity index (χ4n) is 2.54. The van der Waals surface area contributed by atoms with Crippen LogP contribution in [0.1, 0.15) is 30.1 Å². The molecule has 0 atom stereocenters. The zero-order chi connectivity index (χ0) is 14.7. The monoisotopic (exact) mass is 280 g/mol. The molecule has 0 aliphatic carbocycles. The molecular weight excluding hydrogens is 263 g/mol. The lowest BCUT2D eigenvalue weighted by Gasteiger charge is -2.34. The van der Waals surface area contributed by atoms with E-state index in [9.17, 15) is 14.0 Å². The summed E-state index contributed by atoms with van der Waals surface area (Å²) in [7, 11) is 0. The van der Waals surface area contributed by atoms with Gasteiger partial charge in [-0.1, -0.05) is 6.07 Å². The first-order valence-electron chi connectivity index (χ1n) is 6.53. The van der Waals surface area contributed by atoms with E-state index in [-0.39, 0.29) is 17.5 Å². The van der Waals surface area contributed by atoms with Crippen LogP contribution in [0, 0.1) is 5.82 Å². The highest BCUT2D eigenvalue weighted by molar-refractivity contribution is 5.94. The molecule has 108 valence electrons. The number of carboxylic acids is 1. The van der Waals surface area contributed by atoms with Crippen molar-refractivity contribution >= 4 is 17.6 Å². The summed E-state index contributed by atoms with van der Waals surface area (Å²) in [6.45, 7) is 2.66. The molecule has 2 rings (SSSR count). The smallest absolute Gasteiger partial charge is 0.340 e. The van der Waals surface area contributed by atoms with Gasteiger partial charge < -0.3 is 15.3 Å². The van der Waals surface area contributed by atoms with Crippen LogP contribution < -0.4 is 10.2 Å². The fourth-order valence-corrected chi connectivity index (χ4v) is 2.54. The second kappa shape index (κ2) is 5.90. The number of hydrogen-bond donors (Lipinski definition) is 2. The number of halogens is 1. The zero-order valence-corrected chi connectivity index (χ0v) is 11.2. The van der Waals surface area contributed by atoms with Gasteiger partial charge in [0.2, 0.25) is 5.91 Å². The van der Waals surface area contributed by atoms with E-state index in [0.717, 1.165) is 18.9 Å². The van der Waals surface area contributed by atoms with Crippen LogP contribution >= 0.6 is 0 Å². The number of nitrogens with zero attached hydrogens (tertiary/aromatic N) is 1. The quantitative estimate of drug-likeness (QED) is 0.883. The molecule has 2 N–H and O–H groups in total. The van der Waals surface area contributed by atoms with Crippen molar-refractivity contribution in [3.63, 3.8) is 0 Å². The highest BCUT2D eigenvalue weighted by Gasteiger charge is 2.24. The van der Waals surface area contributed by atoms with E-state index in [1.165, 1.54) is 13.0 Å². The Hall–Kier alpha value is -2.11. The normalized spacial score (nSPS) is 16.0. The van der Waals surface area contributed by atoms with Crippen molar-refractivity contribution in [2.45, 2.75) is 25.8 Å². The Morgan fingerprint density at radius 2 is 2.00 bits per heavy atom. The lowest BCUT2D eigenvalue weighted by Crippen LogP contribution is -2.44. The number of nitrogens with one attached hydrogen (secondary N) is 1. The predicted molar refractivity (Wildman–Crippen MR) is 72.4 cm³/mol. The number of aromatic carboxylic acids is 1. The fraction of sp³-hybridized carbons (Fsp3) is 0.429. The first kappa shape index (κ1) is 14.3. The van der Waals surface area contributed by atoms with Crippen molar-refractivity contribution < 1.29 is 19.1 Å². The van der Waals surface area contributed by atoms with Gasteiger partial charge in [-0.2, -0.15) is 0 Å². The van der Waals surface area contributed by atoms with Crippen LogP contribution in [0.4, 0.5) is 10.1 Å². The van der Waals surface area contributed by atoms with Gasteiger partial charge in [-0.3, -0.25) is 4.79 Å². The van der Waals surface area contributed by atoms with Crippen molar-refractivity contribution in [1.82, 2.24) is 5.32 Å². The number of carbonyl (C=O) groups is 2. The minimum atomic E-state index is -1.26. The number of amides is 1. The van der Waals surface area contributed by atoms with E-state index >= 15 is 0 Å². The maximum absolute atomic E-state index is 13.6. The Kier molecular flexibility index (Phi) is 4.22. The van der Waals surface area contributed by atoms with Gasteiger partial charge >= 0.3 is 5.97 Å². The van der Waals surface area contributed by atoms with E-state index in [1.807, 2.05) is 4.90 Å². The molecule has 1 saturated heterocycles. The molecule has 1 aromatic carbocycles. The number of hydrogen-bond acceptors (Lipinski definition) is 3. The minimum Gasteiger partial charge on any atom is -0.478 e. The summed E-state index contributed by atoms with van der Waals surface area (Å²) in [6.07, 6.45) is 1.43. The first-order valence-corrected chi connectivity index (χ1v) is 6.53. The molecule has 6 heteroatoms. The summed E-state index contributed by atoms with van der Waals surface area (Å²) in [6, 6.07) is 4.38. The number of benzene rings is 1. The van der Waals surface area contributed by atoms with Gasteiger partial charge in [0.15, 0.2) is 0 Å². The number of carbonyl (C=O) groups excluding carboxylic acids is 1. The van der Waals surface area contributed by atoms with Crippen molar-refractivity contribution in [2.24, 2.45) is 0 Å².